The smallest absolute Gasteiger partial charge is 0.162 e. The predicted octanol–water partition coefficient (Wildman–Crippen LogP) is 11.5. The number of hydrogen-bond acceptors (Lipinski definition) is 4. The van der Waals surface area contributed by atoms with Crippen LogP contribution in [0, 0.1) is 24.8 Å². The number of hydrogen-bond donors (Lipinski definition) is 1. The van der Waals surface area contributed by atoms with Gasteiger partial charge >= 0.3 is 0 Å². The fraction of sp³-hybridized carbons (Fsp3) is 0.455. The molecule has 4 nitrogen and oxygen atoms in total. The Hall–Kier alpha value is -2.84. The van der Waals surface area contributed by atoms with Crippen molar-refractivity contribution in [2.75, 3.05) is 0 Å². The van der Waals surface area contributed by atoms with Gasteiger partial charge in [0.2, 0.25) is 0 Å². The van der Waals surface area contributed by atoms with E-state index in [0.717, 1.165) is 53.6 Å². The van der Waals surface area contributed by atoms with Crippen molar-refractivity contribution in [1.82, 2.24) is 4.98 Å². The van der Waals surface area contributed by atoms with Gasteiger partial charge in [0, 0.05) is 51.5 Å². The van der Waals surface area contributed by atoms with Crippen LogP contribution in [0.4, 0.5) is 0 Å². The maximum absolute atomic E-state index is 11.7. The summed E-state index contributed by atoms with van der Waals surface area (Å²) in [5.74, 6) is 0.547. The Morgan fingerprint density at radius 3 is 2.00 bits per heavy atom. The molecule has 275 valence electrons. The minimum Gasteiger partial charge on any atom is -0.512 e. The summed E-state index contributed by atoms with van der Waals surface area (Å²) in [7, 11) is -3.30. The molecule has 0 fully saturated rings. The largest absolute Gasteiger partial charge is 0.512 e. The van der Waals surface area contributed by atoms with Crippen LogP contribution in [0.2, 0.25) is 39.3 Å². The number of pyridine rings is 1. The van der Waals surface area contributed by atoms with Crippen molar-refractivity contribution < 1.29 is 34.4 Å². The minimum absolute atomic E-state index is 0. The van der Waals surface area contributed by atoms with Gasteiger partial charge in [-0.2, -0.15) is 0 Å². The van der Waals surface area contributed by atoms with E-state index in [1.54, 1.807) is 0 Å². The van der Waals surface area contributed by atoms with Gasteiger partial charge in [-0.05, 0) is 72.0 Å². The molecule has 0 aliphatic heterocycles. The summed E-state index contributed by atoms with van der Waals surface area (Å²) in [6.07, 6.45) is 4.91. The van der Waals surface area contributed by atoms with Gasteiger partial charge < -0.3 is 9.52 Å². The molecule has 0 bridgehead atoms. The first kappa shape index (κ1) is 40.9. The van der Waals surface area contributed by atoms with Crippen LogP contribution in [-0.4, -0.2) is 32.0 Å². The predicted molar refractivity (Wildman–Crippen MR) is 220 cm³/mol. The van der Waals surface area contributed by atoms with Crippen molar-refractivity contribution in [3.63, 3.8) is 0 Å². The number of nitrogens with zero attached hydrogens (tertiary/aromatic N) is 1. The van der Waals surface area contributed by atoms with Gasteiger partial charge in [-0.3, -0.25) is 9.78 Å². The number of carbonyl (C=O) groups is 1. The van der Waals surface area contributed by atoms with E-state index in [1.807, 2.05) is 27.7 Å². The Morgan fingerprint density at radius 1 is 0.843 bits per heavy atom. The fourth-order valence-corrected chi connectivity index (χ4v) is 10.5. The fourth-order valence-electron chi connectivity index (χ4n) is 7.66. The van der Waals surface area contributed by atoms with Crippen LogP contribution in [-0.2, 0) is 30.3 Å². The van der Waals surface area contributed by atoms with Gasteiger partial charge in [-0.25, -0.2) is 0 Å². The van der Waals surface area contributed by atoms with Crippen LogP contribution in [0.15, 0.2) is 58.7 Å². The number of aliphatic hydroxyl groups excluding tert-OH is 1. The van der Waals surface area contributed by atoms with Gasteiger partial charge in [0.1, 0.15) is 5.58 Å². The Kier molecular flexibility index (Phi) is 12.2. The molecule has 1 aliphatic carbocycles. The second-order valence-corrected chi connectivity index (χ2v) is 27.0. The molecule has 3 aromatic carbocycles. The van der Waals surface area contributed by atoms with E-state index >= 15 is 0 Å². The number of ketones is 1. The average Bonchev–Trinajstić information content (AvgIpc) is 3.40. The van der Waals surface area contributed by atoms with Crippen LogP contribution in [0.5, 0.6) is 0 Å². The first-order valence-corrected chi connectivity index (χ1v) is 25.7. The number of carbonyl (C=O) groups excluding carboxylic acids is 1. The van der Waals surface area contributed by atoms with Gasteiger partial charge in [-0.1, -0.05) is 127 Å². The second kappa shape index (κ2) is 15.3. The molecule has 0 saturated heterocycles. The van der Waals surface area contributed by atoms with Crippen molar-refractivity contribution in [3.05, 3.63) is 77.1 Å². The van der Waals surface area contributed by atoms with E-state index in [1.165, 1.54) is 49.3 Å². The van der Waals surface area contributed by atoms with Crippen molar-refractivity contribution in [1.29, 1.82) is 0 Å². The molecule has 2 aromatic heterocycles. The first-order chi connectivity index (χ1) is 23.4. The van der Waals surface area contributed by atoms with Crippen molar-refractivity contribution in [2.24, 2.45) is 11.8 Å². The summed E-state index contributed by atoms with van der Waals surface area (Å²) in [4.78, 5) is 17.0. The number of fused-ring (bicyclic) bond motifs is 3. The molecule has 1 radical (unpaired) electrons. The molecular formula is C44H58IrNO3Si2-. The van der Waals surface area contributed by atoms with E-state index in [9.17, 15) is 9.90 Å². The Balaban J connectivity index is 0.000000312. The molecule has 0 spiro atoms. The van der Waals surface area contributed by atoms with Gasteiger partial charge in [0.25, 0.3) is 0 Å². The Labute approximate surface area is 321 Å². The summed E-state index contributed by atoms with van der Waals surface area (Å²) in [5, 5.41) is 16.2. The maximum atomic E-state index is 11.7. The zero-order valence-electron chi connectivity index (χ0n) is 33.1. The molecule has 0 unspecified atom stereocenters. The molecule has 5 aromatic rings. The topological polar surface area (TPSA) is 63.3 Å². The maximum Gasteiger partial charge on any atom is 0.162 e. The molecule has 1 N–H and O–H groups in total. The number of benzene rings is 3. The van der Waals surface area contributed by atoms with Crippen LogP contribution < -0.4 is 10.4 Å². The third-order valence-electron chi connectivity index (χ3n) is 10.9. The van der Waals surface area contributed by atoms with Crippen LogP contribution in [0.1, 0.15) is 83.9 Å². The van der Waals surface area contributed by atoms with E-state index in [-0.39, 0.29) is 48.9 Å². The van der Waals surface area contributed by atoms with Gasteiger partial charge in [-0.15, -0.1) is 17.7 Å². The van der Waals surface area contributed by atoms with Crippen LogP contribution >= 0.6 is 0 Å². The summed E-state index contributed by atoms with van der Waals surface area (Å²) < 4.78 is 6.96. The number of rotatable bonds is 9. The molecule has 2 heterocycles. The normalized spacial score (nSPS) is 14.1. The Morgan fingerprint density at radius 2 is 1.43 bits per heavy atom. The number of furan rings is 1. The van der Waals surface area contributed by atoms with Crippen molar-refractivity contribution in [2.45, 2.75) is 119 Å². The van der Waals surface area contributed by atoms with E-state index in [0.29, 0.717) is 0 Å². The van der Waals surface area contributed by atoms with Crippen LogP contribution in [0.25, 0.3) is 44.1 Å². The van der Waals surface area contributed by atoms with E-state index < -0.39 is 16.1 Å². The number of aromatic nitrogens is 1. The third-order valence-corrected chi connectivity index (χ3v) is 14.9. The molecule has 1 aliphatic rings. The number of aliphatic hydroxyl groups is 1. The molecule has 0 amide bonds. The van der Waals surface area contributed by atoms with Crippen LogP contribution in [0.3, 0.4) is 0 Å². The zero-order chi connectivity index (χ0) is 36.9. The van der Waals surface area contributed by atoms with Gasteiger partial charge in [0.15, 0.2) is 5.78 Å². The second-order valence-electron chi connectivity index (χ2n) is 17.0. The molecular weight excluding hydrogens is 839 g/mol. The minimum atomic E-state index is -1.67. The standard InChI is InChI=1S/C31H34NOSi2.C13H24O2.Ir/c1-18-10-13-23-19(16-18)17-22-28(32-23)20-11-14-24(34(4,5)6)29-26(20)27-21(31(22,2)3)12-15-25(30(27)33-29)35(7,8)9;1-5-10(6-2)12(14)9-13(15)11(7-3)8-4;/h10,12-17H,1-9H3;9-11,14H,5-8H2,1-4H3;/q-1;;/b;12-9-;. The molecule has 6 rings (SSSR count). The third kappa shape index (κ3) is 7.65. The number of aryl methyl sites for hydroxylation is 1. The Bertz CT molecular complexity index is 2110. The van der Waals surface area contributed by atoms with E-state index in [2.05, 4.69) is 109 Å². The van der Waals surface area contributed by atoms with E-state index in [4.69, 9.17) is 9.40 Å². The average molecular weight is 897 g/mol. The molecule has 0 saturated carbocycles. The molecule has 7 heteroatoms. The summed E-state index contributed by atoms with van der Waals surface area (Å²) in [6, 6.07) is 19.6. The SMILES string of the molecule is CCC(CC)C(=O)/C=C(\O)C(CC)CC.Cc1ccc2nc3c(cc2c1)C(C)(C)c1ccc([Si](C)(C)C)c2oc4c([Si](C)(C)C)c[c-]c-3c4c12.[Ir]. The van der Waals surface area contributed by atoms with Crippen molar-refractivity contribution in [3.8, 4) is 11.3 Å². The molecule has 51 heavy (non-hydrogen) atoms. The monoisotopic (exact) mass is 897 g/mol. The summed E-state index contributed by atoms with van der Waals surface area (Å²) >= 11 is 0. The number of allylic oxidation sites excluding steroid dienone is 2. The molecule has 0 atom stereocenters. The zero-order valence-corrected chi connectivity index (χ0v) is 37.5. The summed E-state index contributed by atoms with van der Waals surface area (Å²) in [6.45, 7) is 29.4. The quantitative estimate of drug-likeness (QED) is 0.0693. The van der Waals surface area contributed by atoms with Gasteiger partial charge in [0.05, 0.1) is 24.9 Å². The van der Waals surface area contributed by atoms with Crippen molar-refractivity contribution >= 4 is 65.1 Å². The summed E-state index contributed by atoms with van der Waals surface area (Å²) in [5.41, 5.74) is 8.98. The first-order valence-electron chi connectivity index (χ1n) is 18.7.